The first-order valence-corrected chi connectivity index (χ1v) is 6.41. The van der Waals surface area contributed by atoms with Gasteiger partial charge < -0.3 is 14.5 Å². The zero-order chi connectivity index (χ0) is 14.5. The first-order chi connectivity index (χ1) is 9.65. The Morgan fingerprint density at radius 2 is 2.00 bits per heavy atom. The Kier molecular flexibility index (Phi) is 4.87. The van der Waals surface area contributed by atoms with E-state index in [4.69, 9.17) is 9.15 Å². The molecule has 1 aromatic carbocycles. The van der Waals surface area contributed by atoms with Gasteiger partial charge in [-0.25, -0.2) is 8.78 Å². The third-order valence-corrected chi connectivity index (χ3v) is 2.94. The van der Waals surface area contributed by atoms with E-state index < -0.39 is 11.6 Å². The van der Waals surface area contributed by atoms with Crippen LogP contribution >= 0.6 is 0 Å². The minimum Gasteiger partial charge on any atom is -0.462 e. The molecule has 2 aromatic rings. The minimum absolute atomic E-state index is 0.319. The fraction of sp³-hybridized carbons (Fsp3) is 0.333. The summed E-state index contributed by atoms with van der Waals surface area (Å²) in [5.41, 5.74) is 0.615. The van der Waals surface area contributed by atoms with Crippen molar-refractivity contribution in [3.63, 3.8) is 0 Å². The Balaban J connectivity index is 2.31. The fourth-order valence-corrected chi connectivity index (χ4v) is 2.05. The molecule has 0 bridgehead atoms. The van der Waals surface area contributed by atoms with Crippen molar-refractivity contribution >= 4 is 0 Å². The summed E-state index contributed by atoms with van der Waals surface area (Å²) in [5, 5.41) is 3.19. The second-order valence-electron chi connectivity index (χ2n) is 4.40. The average Bonchev–Trinajstić information content (AvgIpc) is 2.88. The van der Waals surface area contributed by atoms with Gasteiger partial charge in [0.25, 0.3) is 0 Å². The fourth-order valence-electron chi connectivity index (χ4n) is 2.05. The summed E-state index contributed by atoms with van der Waals surface area (Å²) in [6.07, 6.45) is 0. The molecule has 0 fully saturated rings. The van der Waals surface area contributed by atoms with Gasteiger partial charge >= 0.3 is 0 Å². The summed E-state index contributed by atoms with van der Waals surface area (Å²) >= 11 is 0. The van der Waals surface area contributed by atoms with Crippen molar-refractivity contribution in [1.29, 1.82) is 0 Å². The topological polar surface area (TPSA) is 34.4 Å². The SMILES string of the molecule is CCNC(c1ccc(F)c(F)c1)c1ccc(COC)o1. The normalized spacial score (nSPS) is 12.6. The van der Waals surface area contributed by atoms with Crippen molar-refractivity contribution in [2.45, 2.75) is 19.6 Å². The summed E-state index contributed by atoms with van der Waals surface area (Å²) in [6, 6.07) is 7.14. The Hall–Kier alpha value is -1.72. The highest BCUT2D eigenvalue weighted by Gasteiger charge is 2.18. The van der Waals surface area contributed by atoms with Crippen molar-refractivity contribution in [2.75, 3.05) is 13.7 Å². The second kappa shape index (κ2) is 6.63. The van der Waals surface area contributed by atoms with Crippen LogP contribution in [0.3, 0.4) is 0 Å². The molecule has 0 aliphatic heterocycles. The number of nitrogens with one attached hydrogen (secondary N) is 1. The minimum atomic E-state index is -0.867. The summed E-state index contributed by atoms with van der Waals surface area (Å²) in [4.78, 5) is 0. The number of hydrogen-bond acceptors (Lipinski definition) is 3. The maximum Gasteiger partial charge on any atom is 0.159 e. The van der Waals surface area contributed by atoms with E-state index in [2.05, 4.69) is 5.32 Å². The highest BCUT2D eigenvalue weighted by atomic mass is 19.2. The molecule has 20 heavy (non-hydrogen) atoms. The zero-order valence-electron chi connectivity index (χ0n) is 11.5. The van der Waals surface area contributed by atoms with E-state index in [1.165, 1.54) is 6.07 Å². The van der Waals surface area contributed by atoms with E-state index in [9.17, 15) is 8.78 Å². The van der Waals surface area contributed by atoms with Crippen molar-refractivity contribution in [1.82, 2.24) is 5.32 Å². The molecule has 5 heteroatoms. The van der Waals surface area contributed by atoms with E-state index in [1.807, 2.05) is 19.1 Å². The lowest BCUT2D eigenvalue weighted by Gasteiger charge is -2.16. The molecule has 1 heterocycles. The second-order valence-corrected chi connectivity index (χ2v) is 4.40. The maximum atomic E-state index is 13.4. The Labute approximate surface area is 116 Å². The van der Waals surface area contributed by atoms with Crippen LogP contribution in [0.2, 0.25) is 0 Å². The average molecular weight is 281 g/mol. The van der Waals surface area contributed by atoms with Gasteiger partial charge in [-0.1, -0.05) is 13.0 Å². The number of benzene rings is 1. The first-order valence-electron chi connectivity index (χ1n) is 6.41. The monoisotopic (exact) mass is 281 g/mol. The Morgan fingerprint density at radius 1 is 1.20 bits per heavy atom. The van der Waals surface area contributed by atoms with Crippen LogP contribution in [0.1, 0.15) is 30.0 Å². The van der Waals surface area contributed by atoms with E-state index in [-0.39, 0.29) is 6.04 Å². The van der Waals surface area contributed by atoms with Gasteiger partial charge in [-0.15, -0.1) is 0 Å². The summed E-state index contributed by atoms with van der Waals surface area (Å²) in [6.45, 7) is 2.98. The lowest BCUT2D eigenvalue weighted by atomic mass is 10.0. The van der Waals surface area contributed by atoms with Crippen molar-refractivity contribution in [3.05, 3.63) is 59.1 Å². The molecular formula is C15H17F2NO2. The van der Waals surface area contributed by atoms with E-state index >= 15 is 0 Å². The van der Waals surface area contributed by atoms with Crippen LogP contribution in [0.4, 0.5) is 8.78 Å². The molecule has 0 amide bonds. The van der Waals surface area contributed by atoms with Crippen LogP contribution in [-0.2, 0) is 11.3 Å². The molecule has 0 aliphatic rings. The van der Waals surface area contributed by atoms with Gasteiger partial charge in [0, 0.05) is 7.11 Å². The largest absolute Gasteiger partial charge is 0.462 e. The van der Waals surface area contributed by atoms with Gasteiger partial charge in [0.1, 0.15) is 18.1 Å². The summed E-state index contributed by atoms with van der Waals surface area (Å²) < 4.78 is 37.0. The van der Waals surface area contributed by atoms with E-state index in [1.54, 1.807) is 13.2 Å². The number of ether oxygens (including phenoxy) is 1. The van der Waals surface area contributed by atoms with Crippen LogP contribution in [0.5, 0.6) is 0 Å². The van der Waals surface area contributed by atoms with Crippen LogP contribution in [0.25, 0.3) is 0 Å². The molecule has 0 spiro atoms. The lowest BCUT2D eigenvalue weighted by Crippen LogP contribution is -2.21. The predicted octanol–water partition coefficient (Wildman–Crippen LogP) is 3.40. The molecule has 2 rings (SSSR count). The van der Waals surface area contributed by atoms with Crippen LogP contribution in [0.15, 0.2) is 34.7 Å². The van der Waals surface area contributed by atoms with Crippen LogP contribution in [0, 0.1) is 11.6 Å². The van der Waals surface area contributed by atoms with E-state index in [0.717, 1.165) is 6.07 Å². The third kappa shape index (κ3) is 3.23. The third-order valence-electron chi connectivity index (χ3n) is 2.94. The van der Waals surface area contributed by atoms with Crippen molar-refractivity contribution in [2.24, 2.45) is 0 Å². The number of halogens is 2. The number of methoxy groups -OCH3 is 1. The summed E-state index contributed by atoms with van der Waals surface area (Å²) in [5.74, 6) is -0.393. The number of furan rings is 1. The molecule has 1 unspecified atom stereocenters. The highest BCUT2D eigenvalue weighted by Crippen LogP contribution is 2.25. The van der Waals surface area contributed by atoms with Crippen molar-refractivity contribution < 1.29 is 17.9 Å². The number of hydrogen-bond donors (Lipinski definition) is 1. The molecular weight excluding hydrogens is 264 g/mol. The van der Waals surface area contributed by atoms with Crippen LogP contribution < -0.4 is 5.32 Å². The lowest BCUT2D eigenvalue weighted by molar-refractivity contribution is 0.162. The van der Waals surface area contributed by atoms with Gasteiger partial charge in [0.2, 0.25) is 0 Å². The quantitative estimate of drug-likeness (QED) is 0.881. The van der Waals surface area contributed by atoms with Crippen molar-refractivity contribution in [3.8, 4) is 0 Å². The Morgan fingerprint density at radius 3 is 2.65 bits per heavy atom. The Bertz CT molecular complexity index is 569. The zero-order valence-corrected chi connectivity index (χ0v) is 11.5. The van der Waals surface area contributed by atoms with Gasteiger partial charge in [0.05, 0.1) is 6.04 Å². The van der Waals surface area contributed by atoms with Gasteiger partial charge in [-0.3, -0.25) is 0 Å². The molecule has 0 saturated carbocycles. The molecule has 0 radical (unpaired) electrons. The van der Waals surface area contributed by atoms with Crippen LogP contribution in [-0.4, -0.2) is 13.7 Å². The smallest absolute Gasteiger partial charge is 0.159 e. The van der Waals surface area contributed by atoms with Gasteiger partial charge in [0.15, 0.2) is 11.6 Å². The first kappa shape index (κ1) is 14.7. The summed E-state index contributed by atoms with van der Waals surface area (Å²) in [7, 11) is 1.58. The standard InChI is InChI=1S/C15H17F2NO2/c1-3-18-15(10-4-6-12(16)13(17)8-10)14-7-5-11(20-14)9-19-2/h4-8,15,18H,3,9H2,1-2H3. The molecule has 1 atom stereocenters. The highest BCUT2D eigenvalue weighted by molar-refractivity contribution is 5.28. The van der Waals surface area contributed by atoms with Gasteiger partial charge in [-0.2, -0.15) is 0 Å². The molecule has 108 valence electrons. The maximum absolute atomic E-state index is 13.4. The van der Waals surface area contributed by atoms with E-state index in [0.29, 0.717) is 30.2 Å². The molecule has 1 N–H and O–H groups in total. The molecule has 3 nitrogen and oxygen atoms in total. The molecule has 1 aromatic heterocycles. The molecule has 0 aliphatic carbocycles. The molecule has 0 saturated heterocycles. The van der Waals surface area contributed by atoms with Gasteiger partial charge in [-0.05, 0) is 36.4 Å². The predicted molar refractivity (Wildman–Crippen MR) is 71.3 cm³/mol. The number of rotatable bonds is 6.